The molecule has 2 heterocycles. The minimum absolute atomic E-state index is 0.0861. The predicted octanol–water partition coefficient (Wildman–Crippen LogP) is 3.83. The molecule has 0 unspecified atom stereocenters. The van der Waals surface area contributed by atoms with Gasteiger partial charge in [-0.15, -0.1) is 0 Å². The van der Waals surface area contributed by atoms with Crippen LogP contribution in [0.1, 0.15) is 50.2 Å². The van der Waals surface area contributed by atoms with Crippen LogP contribution in [0.2, 0.25) is 5.02 Å². The van der Waals surface area contributed by atoms with Crippen LogP contribution in [-0.2, 0) is 19.3 Å². The number of hydrogen-bond acceptors (Lipinski definition) is 4. The average Bonchev–Trinajstić information content (AvgIpc) is 2.70. The molecule has 29 heavy (non-hydrogen) atoms. The monoisotopic (exact) mass is 414 g/mol. The van der Waals surface area contributed by atoms with Crippen molar-refractivity contribution < 1.29 is 0 Å². The predicted molar refractivity (Wildman–Crippen MR) is 119 cm³/mol. The zero-order chi connectivity index (χ0) is 20.4. The highest BCUT2D eigenvalue weighted by Gasteiger charge is 2.29. The first-order valence-corrected chi connectivity index (χ1v) is 11.3. The van der Waals surface area contributed by atoms with E-state index in [9.17, 15) is 4.79 Å². The summed E-state index contributed by atoms with van der Waals surface area (Å²) in [5, 5.41) is 0.780. The molecule has 2 atom stereocenters. The minimum atomic E-state index is 0.0861. The molecule has 0 amide bonds. The number of aromatic nitrogens is 2. The molecule has 2 aromatic rings. The summed E-state index contributed by atoms with van der Waals surface area (Å²) in [4.78, 5) is 25.1. The van der Waals surface area contributed by atoms with Gasteiger partial charge in [0.25, 0.3) is 5.56 Å². The zero-order valence-electron chi connectivity index (χ0n) is 17.5. The summed E-state index contributed by atoms with van der Waals surface area (Å²) in [6, 6.07) is 9.09. The van der Waals surface area contributed by atoms with E-state index < -0.39 is 0 Å². The molecule has 1 saturated heterocycles. The molecule has 2 aliphatic rings. The van der Waals surface area contributed by atoms with Crippen LogP contribution in [0.15, 0.2) is 29.1 Å². The van der Waals surface area contributed by atoms with Crippen LogP contribution in [0, 0.1) is 0 Å². The summed E-state index contributed by atoms with van der Waals surface area (Å²) in [5.74, 6) is 0.857. The molecule has 0 spiro atoms. The maximum absolute atomic E-state index is 12.3. The smallest absolute Gasteiger partial charge is 0.254 e. The number of benzene rings is 1. The van der Waals surface area contributed by atoms with Crippen molar-refractivity contribution in [1.82, 2.24) is 14.9 Å². The van der Waals surface area contributed by atoms with Crippen LogP contribution in [0.5, 0.6) is 0 Å². The third kappa shape index (κ3) is 4.67. The summed E-state index contributed by atoms with van der Waals surface area (Å²) in [6.07, 6.45) is 5.93. The van der Waals surface area contributed by atoms with Crippen molar-refractivity contribution in [2.75, 3.05) is 24.5 Å². The second-order valence-electron chi connectivity index (χ2n) is 8.57. The lowest BCUT2D eigenvalue weighted by molar-refractivity contribution is 0.130. The van der Waals surface area contributed by atoms with Gasteiger partial charge in [0.2, 0.25) is 0 Å². The lowest BCUT2D eigenvalue weighted by Crippen LogP contribution is -2.57. The maximum Gasteiger partial charge on any atom is 0.254 e. The second kappa shape index (κ2) is 8.88. The highest BCUT2D eigenvalue weighted by atomic mass is 35.5. The summed E-state index contributed by atoms with van der Waals surface area (Å²) in [6.45, 7) is 7.66. The molecule has 4 rings (SSSR count). The van der Waals surface area contributed by atoms with E-state index in [1.807, 2.05) is 12.1 Å². The van der Waals surface area contributed by atoms with Gasteiger partial charge in [0.15, 0.2) is 0 Å². The molecule has 1 aromatic carbocycles. The SMILES string of the molecule is C[C@@H]1CN(c2ccc(Cl)cc2)C[C@@H](C)N1CCCc1nc2c(c(=O)[nH]1)CCCC2. The van der Waals surface area contributed by atoms with E-state index >= 15 is 0 Å². The Morgan fingerprint density at radius 3 is 2.52 bits per heavy atom. The third-order valence-corrected chi connectivity index (χ3v) is 6.62. The Morgan fingerprint density at radius 1 is 1.10 bits per heavy atom. The summed E-state index contributed by atoms with van der Waals surface area (Å²) < 4.78 is 0. The molecule has 5 nitrogen and oxygen atoms in total. The number of nitrogens with zero attached hydrogens (tertiary/aromatic N) is 3. The molecule has 1 aromatic heterocycles. The maximum atomic E-state index is 12.3. The average molecular weight is 415 g/mol. The Kier molecular flexibility index (Phi) is 6.26. The van der Waals surface area contributed by atoms with Gasteiger partial charge in [-0.25, -0.2) is 4.98 Å². The Morgan fingerprint density at radius 2 is 1.79 bits per heavy atom. The highest BCUT2D eigenvalue weighted by molar-refractivity contribution is 6.30. The van der Waals surface area contributed by atoms with Crippen molar-refractivity contribution in [3.63, 3.8) is 0 Å². The van der Waals surface area contributed by atoms with Crippen LogP contribution in [0.4, 0.5) is 5.69 Å². The van der Waals surface area contributed by atoms with Crippen molar-refractivity contribution in [2.45, 2.75) is 64.5 Å². The molecule has 1 fully saturated rings. The zero-order valence-corrected chi connectivity index (χ0v) is 18.2. The lowest BCUT2D eigenvalue weighted by atomic mass is 9.97. The Bertz CT molecular complexity index is 883. The molecule has 0 saturated carbocycles. The number of piperazine rings is 1. The molecule has 156 valence electrons. The molecule has 1 N–H and O–H groups in total. The first kappa shape index (κ1) is 20.4. The first-order valence-electron chi connectivity index (χ1n) is 10.9. The number of nitrogens with one attached hydrogen (secondary N) is 1. The number of fused-ring (bicyclic) bond motifs is 1. The Hall–Kier alpha value is -1.85. The van der Waals surface area contributed by atoms with Crippen molar-refractivity contribution in [2.24, 2.45) is 0 Å². The number of rotatable bonds is 5. The van der Waals surface area contributed by atoms with Gasteiger partial charge in [-0.05, 0) is 76.8 Å². The van der Waals surface area contributed by atoms with Crippen molar-refractivity contribution in [3.8, 4) is 0 Å². The number of anilines is 1. The van der Waals surface area contributed by atoms with Gasteiger partial charge in [0.1, 0.15) is 5.82 Å². The first-order chi connectivity index (χ1) is 14.0. The fraction of sp³-hybridized carbons (Fsp3) is 0.565. The summed E-state index contributed by atoms with van der Waals surface area (Å²) in [5.41, 5.74) is 3.28. The minimum Gasteiger partial charge on any atom is -0.368 e. The number of hydrogen-bond donors (Lipinski definition) is 1. The van der Waals surface area contributed by atoms with Crippen LogP contribution in [-0.4, -0.2) is 46.6 Å². The fourth-order valence-corrected chi connectivity index (χ4v) is 4.99. The molecule has 0 bridgehead atoms. The van der Waals surface area contributed by atoms with E-state index in [0.29, 0.717) is 12.1 Å². The second-order valence-corrected chi connectivity index (χ2v) is 9.00. The van der Waals surface area contributed by atoms with Crippen LogP contribution in [0.3, 0.4) is 0 Å². The van der Waals surface area contributed by atoms with Gasteiger partial charge >= 0.3 is 0 Å². The Labute approximate surface area is 178 Å². The molecule has 1 aliphatic carbocycles. The topological polar surface area (TPSA) is 52.2 Å². The lowest BCUT2D eigenvalue weighted by Gasteiger charge is -2.45. The molecular formula is C23H31ClN4O. The standard InChI is InChI=1S/C23H31ClN4O/c1-16-14-27(19-11-9-18(24)10-12-19)15-17(2)28(16)13-5-8-22-25-21-7-4-3-6-20(21)23(29)26-22/h9-12,16-17H,3-8,13-15H2,1-2H3,(H,25,26,29)/t16-,17-/m1/s1. The van der Waals surface area contributed by atoms with Gasteiger partial charge in [0.05, 0.1) is 5.69 Å². The van der Waals surface area contributed by atoms with Crippen molar-refractivity contribution in [1.29, 1.82) is 0 Å². The number of H-pyrrole nitrogens is 1. The molecule has 1 aliphatic heterocycles. The summed E-state index contributed by atoms with van der Waals surface area (Å²) in [7, 11) is 0. The quantitative estimate of drug-likeness (QED) is 0.807. The van der Waals surface area contributed by atoms with E-state index in [1.54, 1.807) is 0 Å². The number of halogens is 1. The van der Waals surface area contributed by atoms with Gasteiger partial charge in [-0.1, -0.05) is 11.6 Å². The van der Waals surface area contributed by atoms with Crippen LogP contribution >= 0.6 is 11.6 Å². The molecule has 6 heteroatoms. The van der Waals surface area contributed by atoms with Gasteiger partial charge in [0, 0.05) is 47.9 Å². The van der Waals surface area contributed by atoms with E-state index in [2.05, 4.69) is 40.8 Å². The van der Waals surface area contributed by atoms with E-state index in [0.717, 1.165) is 80.3 Å². The highest BCUT2D eigenvalue weighted by Crippen LogP contribution is 2.24. The van der Waals surface area contributed by atoms with E-state index in [1.165, 1.54) is 5.69 Å². The Balaban J connectivity index is 1.34. The number of aryl methyl sites for hydroxylation is 2. The van der Waals surface area contributed by atoms with Crippen molar-refractivity contribution in [3.05, 3.63) is 56.7 Å². The van der Waals surface area contributed by atoms with Crippen molar-refractivity contribution >= 4 is 17.3 Å². The van der Waals surface area contributed by atoms with E-state index in [4.69, 9.17) is 16.6 Å². The van der Waals surface area contributed by atoms with Gasteiger partial charge < -0.3 is 9.88 Å². The van der Waals surface area contributed by atoms with Gasteiger partial charge in [-0.3, -0.25) is 9.69 Å². The molecular weight excluding hydrogens is 384 g/mol. The normalized spacial score (nSPS) is 22.5. The van der Waals surface area contributed by atoms with Crippen LogP contribution < -0.4 is 10.5 Å². The molecule has 0 radical (unpaired) electrons. The fourth-order valence-electron chi connectivity index (χ4n) is 4.86. The summed E-state index contributed by atoms with van der Waals surface area (Å²) >= 11 is 6.03. The largest absolute Gasteiger partial charge is 0.368 e. The van der Waals surface area contributed by atoms with E-state index in [-0.39, 0.29) is 5.56 Å². The van der Waals surface area contributed by atoms with Gasteiger partial charge in [-0.2, -0.15) is 0 Å². The van der Waals surface area contributed by atoms with Crippen LogP contribution in [0.25, 0.3) is 0 Å². The third-order valence-electron chi connectivity index (χ3n) is 6.36. The number of aromatic amines is 1.